The van der Waals surface area contributed by atoms with E-state index in [2.05, 4.69) is 5.32 Å². The molecule has 1 aliphatic heterocycles. The summed E-state index contributed by atoms with van der Waals surface area (Å²) < 4.78 is 5.22. The molecule has 96 valence electrons. The van der Waals surface area contributed by atoms with Gasteiger partial charge in [0.25, 0.3) is 0 Å². The van der Waals surface area contributed by atoms with Crippen LogP contribution in [-0.2, 0) is 9.53 Å². The highest BCUT2D eigenvalue weighted by Gasteiger charge is 2.41. The Labute approximate surface area is 99.9 Å². The molecule has 2 N–H and O–H groups in total. The number of rotatable bonds is 3. The van der Waals surface area contributed by atoms with Crippen LogP contribution in [0, 0.1) is 0 Å². The summed E-state index contributed by atoms with van der Waals surface area (Å²) in [5, 5.41) is 11.7. The summed E-state index contributed by atoms with van der Waals surface area (Å²) in [4.78, 5) is 24.3. The molecular weight excluding hydrogens is 224 g/mol. The molecule has 1 atom stereocenters. The summed E-state index contributed by atoms with van der Waals surface area (Å²) >= 11 is 0. The molecule has 1 saturated heterocycles. The number of carbonyl (C=O) groups is 2. The molecule has 2 fully saturated rings. The summed E-state index contributed by atoms with van der Waals surface area (Å²) in [5.41, 5.74) is -0.0802. The highest BCUT2D eigenvalue weighted by atomic mass is 16.5. The van der Waals surface area contributed by atoms with Crippen molar-refractivity contribution >= 4 is 12.0 Å². The molecular formula is C11H18N2O4. The minimum Gasteiger partial charge on any atom is -0.481 e. The van der Waals surface area contributed by atoms with E-state index >= 15 is 0 Å². The molecule has 0 radical (unpaired) electrons. The number of carbonyl (C=O) groups excluding carboxylic acids is 1. The average molecular weight is 242 g/mol. The molecule has 1 heterocycles. The lowest BCUT2D eigenvalue weighted by Crippen LogP contribution is -2.55. The lowest BCUT2D eigenvalue weighted by molar-refractivity contribution is -0.139. The predicted octanol–water partition coefficient (Wildman–Crippen LogP) is 0.424. The molecule has 0 bridgehead atoms. The molecule has 1 saturated carbocycles. The molecule has 0 aromatic carbocycles. The third kappa shape index (κ3) is 3.09. The van der Waals surface area contributed by atoms with Gasteiger partial charge < -0.3 is 20.1 Å². The fourth-order valence-electron chi connectivity index (χ4n) is 1.94. The minimum absolute atomic E-state index is 0.0653. The number of hydrogen-bond acceptors (Lipinski definition) is 3. The molecule has 1 aliphatic carbocycles. The minimum atomic E-state index is -0.907. The normalized spacial score (nSPS) is 26.4. The van der Waals surface area contributed by atoms with Crippen LogP contribution in [0.2, 0.25) is 0 Å². The maximum absolute atomic E-state index is 12.0. The van der Waals surface area contributed by atoms with Crippen molar-refractivity contribution in [2.45, 2.75) is 37.8 Å². The molecule has 0 aromatic rings. The van der Waals surface area contributed by atoms with Crippen molar-refractivity contribution in [3.63, 3.8) is 0 Å². The van der Waals surface area contributed by atoms with Gasteiger partial charge in [0, 0.05) is 12.1 Å². The van der Waals surface area contributed by atoms with Crippen LogP contribution in [0.4, 0.5) is 4.79 Å². The van der Waals surface area contributed by atoms with Crippen LogP contribution in [-0.4, -0.2) is 53.3 Å². The van der Waals surface area contributed by atoms with E-state index in [1.54, 1.807) is 4.90 Å². The van der Waals surface area contributed by atoms with Crippen molar-refractivity contribution in [2.24, 2.45) is 0 Å². The average Bonchev–Trinajstić information content (AvgIpc) is 2.95. The number of urea groups is 1. The Morgan fingerprint density at radius 2 is 2.24 bits per heavy atom. The Morgan fingerprint density at radius 1 is 1.53 bits per heavy atom. The topological polar surface area (TPSA) is 78.9 Å². The van der Waals surface area contributed by atoms with Crippen LogP contribution < -0.4 is 5.32 Å². The van der Waals surface area contributed by atoms with Crippen molar-refractivity contribution in [1.82, 2.24) is 10.2 Å². The van der Waals surface area contributed by atoms with Crippen molar-refractivity contribution in [2.75, 3.05) is 19.8 Å². The maximum atomic E-state index is 12.0. The van der Waals surface area contributed by atoms with Gasteiger partial charge in [0.05, 0.1) is 25.7 Å². The Balaban J connectivity index is 1.94. The van der Waals surface area contributed by atoms with Crippen LogP contribution in [0.3, 0.4) is 0 Å². The number of amides is 2. The van der Waals surface area contributed by atoms with Crippen molar-refractivity contribution < 1.29 is 19.4 Å². The number of nitrogens with one attached hydrogen (secondary N) is 1. The second-order valence-corrected chi connectivity index (χ2v) is 5.01. The SMILES string of the molecule is CC1(NC(=O)N2CCOCC2CC(=O)O)CC1. The van der Waals surface area contributed by atoms with Gasteiger partial charge in [-0.1, -0.05) is 0 Å². The Morgan fingerprint density at radius 3 is 2.82 bits per heavy atom. The number of aliphatic carboxylic acids is 1. The molecule has 1 unspecified atom stereocenters. The van der Waals surface area contributed by atoms with E-state index < -0.39 is 5.97 Å². The fourth-order valence-corrected chi connectivity index (χ4v) is 1.94. The van der Waals surface area contributed by atoms with Crippen LogP contribution in [0.5, 0.6) is 0 Å². The lowest BCUT2D eigenvalue weighted by atomic mass is 10.1. The highest BCUT2D eigenvalue weighted by molar-refractivity contribution is 5.77. The first-order valence-corrected chi connectivity index (χ1v) is 5.88. The standard InChI is InChI=1S/C11H18N2O4/c1-11(2-3-11)12-10(16)13-4-5-17-7-8(13)6-9(14)15/h8H,2-7H2,1H3,(H,12,16)(H,14,15). The highest BCUT2D eigenvalue weighted by Crippen LogP contribution is 2.34. The summed E-state index contributed by atoms with van der Waals surface area (Å²) in [6.07, 6.45) is 1.92. The molecule has 2 aliphatic rings. The van der Waals surface area contributed by atoms with E-state index in [9.17, 15) is 9.59 Å². The number of carboxylic acid groups (broad SMARTS) is 1. The van der Waals surface area contributed by atoms with E-state index in [1.807, 2.05) is 6.92 Å². The molecule has 6 nitrogen and oxygen atoms in total. The number of carboxylic acids is 1. The fraction of sp³-hybridized carbons (Fsp3) is 0.818. The summed E-state index contributed by atoms with van der Waals surface area (Å²) in [6.45, 7) is 3.23. The van der Waals surface area contributed by atoms with Gasteiger partial charge in [-0.2, -0.15) is 0 Å². The molecule has 0 aromatic heterocycles. The number of hydrogen-bond donors (Lipinski definition) is 2. The van der Waals surface area contributed by atoms with E-state index in [1.165, 1.54) is 0 Å². The van der Waals surface area contributed by atoms with E-state index in [0.29, 0.717) is 19.8 Å². The van der Waals surface area contributed by atoms with Gasteiger partial charge in [-0.25, -0.2) is 4.79 Å². The number of nitrogens with zero attached hydrogens (tertiary/aromatic N) is 1. The van der Waals surface area contributed by atoms with Crippen LogP contribution >= 0.6 is 0 Å². The largest absolute Gasteiger partial charge is 0.481 e. The third-order valence-corrected chi connectivity index (χ3v) is 3.31. The van der Waals surface area contributed by atoms with Gasteiger partial charge in [-0.3, -0.25) is 4.79 Å². The summed E-state index contributed by atoms with van der Waals surface area (Å²) in [6, 6.07) is -0.525. The van der Waals surface area contributed by atoms with Gasteiger partial charge in [-0.05, 0) is 19.8 Å². The quantitative estimate of drug-likeness (QED) is 0.752. The monoisotopic (exact) mass is 242 g/mol. The first kappa shape index (κ1) is 12.2. The predicted molar refractivity (Wildman–Crippen MR) is 59.7 cm³/mol. The smallest absolute Gasteiger partial charge is 0.318 e. The van der Waals surface area contributed by atoms with Crippen molar-refractivity contribution in [1.29, 1.82) is 0 Å². The van der Waals surface area contributed by atoms with Gasteiger partial charge >= 0.3 is 12.0 Å². The zero-order chi connectivity index (χ0) is 12.5. The van der Waals surface area contributed by atoms with E-state index in [-0.39, 0.29) is 24.0 Å². The second-order valence-electron chi connectivity index (χ2n) is 5.01. The Hall–Kier alpha value is -1.30. The molecule has 6 heteroatoms. The van der Waals surface area contributed by atoms with Gasteiger partial charge in [0.1, 0.15) is 0 Å². The number of morpholine rings is 1. The van der Waals surface area contributed by atoms with E-state index in [4.69, 9.17) is 9.84 Å². The van der Waals surface area contributed by atoms with E-state index in [0.717, 1.165) is 12.8 Å². The lowest BCUT2D eigenvalue weighted by Gasteiger charge is -2.35. The van der Waals surface area contributed by atoms with Crippen molar-refractivity contribution in [3.05, 3.63) is 0 Å². The summed E-state index contributed by atoms with van der Waals surface area (Å²) in [7, 11) is 0. The zero-order valence-electron chi connectivity index (χ0n) is 9.94. The van der Waals surface area contributed by atoms with Crippen molar-refractivity contribution in [3.8, 4) is 0 Å². The maximum Gasteiger partial charge on any atom is 0.318 e. The molecule has 2 amide bonds. The second kappa shape index (κ2) is 4.52. The Bertz CT molecular complexity index is 327. The molecule has 17 heavy (non-hydrogen) atoms. The van der Waals surface area contributed by atoms with Crippen LogP contribution in [0.25, 0.3) is 0 Å². The van der Waals surface area contributed by atoms with Gasteiger partial charge in [-0.15, -0.1) is 0 Å². The molecule has 0 spiro atoms. The first-order valence-electron chi connectivity index (χ1n) is 5.88. The van der Waals surface area contributed by atoms with Gasteiger partial charge in [0.2, 0.25) is 0 Å². The van der Waals surface area contributed by atoms with Crippen LogP contribution in [0.1, 0.15) is 26.2 Å². The van der Waals surface area contributed by atoms with Crippen LogP contribution in [0.15, 0.2) is 0 Å². The summed E-state index contributed by atoms with van der Waals surface area (Å²) in [5.74, 6) is -0.907. The zero-order valence-corrected chi connectivity index (χ0v) is 9.94. The third-order valence-electron chi connectivity index (χ3n) is 3.31. The molecule has 2 rings (SSSR count). The van der Waals surface area contributed by atoms with Gasteiger partial charge in [0.15, 0.2) is 0 Å². The first-order chi connectivity index (χ1) is 8.00. The number of ether oxygens (including phenoxy) is 1. The Kier molecular flexibility index (Phi) is 3.24.